The second kappa shape index (κ2) is 6.47. The Hall–Kier alpha value is -2.27. The van der Waals surface area contributed by atoms with Gasteiger partial charge in [0.15, 0.2) is 0 Å². The third-order valence-electron chi connectivity index (χ3n) is 5.34. The number of sulfonamides is 1. The Kier molecular flexibility index (Phi) is 4.27. The predicted molar refractivity (Wildman–Crippen MR) is 106 cm³/mol. The summed E-state index contributed by atoms with van der Waals surface area (Å²) in [6.45, 7) is 1.96. The van der Waals surface area contributed by atoms with E-state index in [0.717, 1.165) is 29.3 Å². The second-order valence-electron chi connectivity index (χ2n) is 7.16. The summed E-state index contributed by atoms with van der Waals surface area (Å²) in [6, 6.07) is 13.0. The van der Waals surface area contributed by atoms with Crippen LogP contribution >= 0.6 is 0 Å². The van der Waals surface area contributed by atoms with E-state index in [2.05, 4.69) is 4.98 Å². The SMILES string of the molecule is Cc1cccc(N(C)S(=O)(=O)c2ccc3[nH]c4c(c3c2)CCCCC4)c1. The number of fused-ring (bicyclic) bond motifs is 3. The number of hydrogen-bond acceptors (Lipinski definition) is 2. The molecule has 4 nitrogen and oxygen atoms in total. The smallest absolute Gasteiger partial charge is 0.264 e. The largest absolute Gasteiger partial charge is 0.358 e. The maximum absolute atomic E-state index is 13.2. The molecule has 1 aliphatic rings. The summed E-state index contributed by atoms with van der Waals surface area (Å²) in [5.41, 5.74) is 5.33. The van der Waals surface area contributed by atoms with E-state index in [-0.39, 0.29) is 0 Å². The molecule has 0 spiro atoms. The fraction of sp³-hybridized carbons (Fsp3) is 0.333. The van der Waals surface area contributed by atoms with Crippen molar-refractivity contribution in [3.05, 3.63) is 59.3 Å². The van der Waals surface area contributed by atoms with Gasteiger partial charge < -0.3 is 4.98 Å². The first-order chi connectivity index (χ1) is 12.5. The van der Waals surface area contributed by atoms with E-state index in [1.807, 2.05) is 43.3 Å². The molecule has 1 aliphatic carbocycles. The van der Waals surface area contributed by atoms with Crippen LogP contribution in [0.4, 0.5) is 5.69 Å². The normalized spacial score (nSPS) is 14.8. The fourth-order valence-corrected chi connectivity index (χ4v) is 5.06. The summed E-state index contributed by atoms with van der Waals surface area (Å²) >= 11 is 0. The first kappa shape index (κ1) is 17.2. The van der Waals surface area contributed by atoms with E-state index < -0.39 is 10.0 Å². The maximum Gasteiger partial charge on any atom is 0.264 e. The van der Waals surface area contributed by atoms with Crippen LogP contribution in [0.3, 0.4) is 0 Å². The van der Waals surface area contributed by atoms with Crippen LogP contribution in [0.2, 0.25) is 0 Å². The van der Waals surface area contributed by atoms with Crippen molar-refractivity contribution in [2.45, 2.75) is 43.9 Å². The summed E-state index contributed by atoms with van der Waals surface area (Å²) in [7, 11) is -1.98. The van der Waals surface area contributed by atoms with E-state index in [4.69, 9.17) is 0 Å². The van der Waals surface area contributed by atoms with E-state index in [0.29, 0.717) is 10.6 Å². The van der Waals surface area contributed by atoms with Crippen molar-refractivity contribution < 1.29 is 8.42 Å². The molecule has 0 bridgehead atoms. The van der Waals surface area contributed by atoms with Crippen LogP contribution in [0.1, 0.15) is 36.1 Å². The third kappa shape index (κ3) is 2.90. The van der Waals surface area contributed by atoms with Gasteiger partial charge in [-0.1, -0.05) is 18.6 Å². The van der Waals surface area contributed by atoms with Gasteiger partial charge in [0.1, 0.15) is 0 Å². The number of nitrogens with zero attached hydrogens (tertiary/aromatic N) is 1. The van der Waals surface area contributed by atoms with Crippen LogP contribution in [-0.2, 0) is 22.9 Å². The Balaban J connectivity index is 1.79. The highest BCUT2D eigenvalue weighted by atomic mass is 32.2. The van der Waals surface area contributed by atoms with Crippen molar-refractivity contribution in [1.82, 2.24) is 4.98 Å². The van der Waals surface area contributed by atoms with Crippen LogP contribution in [-0.4, -0.2) is 20.4 Å². The number of aromatic nitrogens is 1. The molecular formula is C21H24N2O2S. The Bertz CT molecular complexity index is 1070. The Morgan fingerprint density at radius 1 is 1.00 bits per heavy atom. The molecule has 0 saturated heterocycles. The zero-order valence-electron chi connectivity index (χ0n) is 15.2. The molecule has 3 aromatic rings. The van der Waals surface area contributed by atoms with Crippen LogP contribution in [0, 0.1) is 6.92 Å². The number of H-pyrrole nitrogens is 1. The van der Waals surface area contributed by atoms with Crippen molar-refractivity contribution >= 4 is 26.6 Å². The molecule has 0 radical (unpaired) electrons. The standard InChI is InChI=1S/C21H24N2O2S/c1-15-7-6-8-16(13-15)23(2)26(24,25)17-11-12-21-19(14-17)18-9-4-3-5-10-20(18)22-21/h6-8,11-14,22H,3-5,9-10H2,1-2H3. The molecule has 0 atom stereocenters. The summed E-state index contributed by atoms with van der Waals surface area (Å²) in [4.78, 5) is 3.84. The van der Waals surface area contributed by atoms with Crippen LogP contribution < -0.4 is 4.31 Å². The molecule has 136 valence electrons. The lowest BCUT2D eigenvalue weighted by atomic mass is 10.1. The molecule has 0 unspecified atom stereocenters. The number of benzene rings is 2. The van der Waals surface area contributed by atoms with Crippen molar-refractivity contribution in [3.8, 4) is 0 Å². The molecule has 5 heteroatoms. The Morgan fingerprint density at radius 3 is 2.62 bits per heavy atom. The lowest BCUT2D eigenvalue weighted by Gasteiger charge is -2.20. The van der Waals surface area contributed by atoms with Gasteiger partial charge in [-0.15, -0.1) is 0 Å². The highest BCUT2D eigenvalue weighted by Crippen LogP contribution is 2.31. The summed E-state index contributed by atoms with van der Waals surface area (Å²) in [5.74, 6) is 0. The van der Waals surface area contributed by atoms with Gasteiger partial charge in [0.25, 0.3) is 10.0 Å². The lowest BCUT2D eigenvalue weighted by Crippen LogP contribution is -2.26. The van der Waals surface area contributed by atoms with Crippen molar-refractivity contribution in [3.63, 3.8) is 0 Å². The van der Waals surface area contributed by atoms with E-state index in [1.165, 1.54) is 34.8 Å². The molecule has 4 rings (SSSR count). The molecule has 26 heavy (non-hydrogen) atoms. The molecule has 2 aromatic carbocycles. The molecule has 1 aromatic heterocycles. The first-order valence-electron chi connectivity index (χ1n) is 9.16. The highest BCUT2D eigenvalue weighted by Gasteiger charge is 2.23. The molecular weight excluding hydrogens is 344 g/mol. The zero-order valence-corrected chi connectivity index (χ0v) is 16.1. The minimum absolute atomic E-state index is 0.347. The van der Waals surface area contributed by atoms with Gasteiger partial charge in [-0.25, -0.2) is 8.42 Å². The fourth-order valence-electron chi connectivity index (χ4n) is 3.84. The Morgan fingerprint density at radius 2 is 1.81 bits per heavy atom. The van der Waals surface area contributed by atoms with Gasteiger partial charge in [-0.05, 0) is 74.1 Å². The molecule has 1 heterocycles. The van der Waals surface area contributed by atoms with Crippen LogP contribution in [0.15, 0.2) is 47.4 Å². The second-order valence-corrected chi connectivity index (χ2v) is 9.13. The van der Waals surface area contributed by atoms with Gasteiger partial charge in [0.2, 0.25) is 0 Å². The maximum atomic E-state index is 13.2. The number of rotatable bonds is 3. The number of aryl methyl sites for hydroxylation is 3. The van der Waals surface area contributed by atoms with Gasteiger partial charge in [0, 0.05) is 23.6 Å². The highest BCUT2D eigenvalue weighted by molar-refractivity contribution is 7.92. The number of aromatic amines is 1. The lowest BCUT2D eigenvalue weighted by molar-refractivity contribution is 0.594. The number of anilines is 1. The van der Waals surface area contributed by atoms with E-state index in [9.17, 15) is 8.42 Å². The molecule has 1 N–H and O–H groups in total. The average molecular weight is 369 g/mol. The van der Waals surface area contributed by atoms with Gasteiger partial charge in [0.05, 0.1) is 10.6 Å². The monoisotopic (exact) mass is 368 g/mol. The van der Waals surface area contributed by atoms with E-state index >= 15 is 0 Å². The minimum Gasteiger partial charge on any atom is -0.358 e. The number of nitrogens with one attached hydrogen (secondary N) is 1. The van der Waals surface area contributed by atoms with E-state index in [1.54, 1.807) is 13.1 Å². The topological polar surface area (TPSA) is 53.2 Å². The average Bonchev–Trinajstić information content (AvgIpc) is 2.81. The van der Waals surface area contributed by atoms with Crippen LogP contribution in [0.5, 0.6) is 0 Å². The van der Waals surface area contributed by atoms with Crippen molar-refractivity contribution in [2.24, 2.45) is 0 Å². The molecule has 0 aliphatic heterocycles. The third-order valence-corrected chi connectivity index (χ3v) is 7.12. The summed E-state index contributed by atoms with van der Waals surface area (Å²) in [5, 5.41) is 1.06. The summed E-state index contributed by atoms with van der Waals surface area (Å²) < 4.78 is 27.7. The molecule has 0 fully saturated rings. The zero-order chi connectivity index (χ0) is 18.3. The molecule has 0 saturated carbocycles. The summed E-state index contributed by atoms with van der Waals surface area (Å²) in [6.07, 6.45) is 5.67. The van der Waals surface area contributed by atoms with Gasteiger partial charge in [-0.3, -0.25) is 4.31 Å². The number of hydrogen-bond donors (Lipinski definition) is 1. The molecule has 0 amide bonds. The van der Waals surface area contributed by atoms with Gasteiger partial charge >= 0.3 is 0 Å². The van der Waals surface area contributed by atoms with Crippen molar-refractivity contribution in [2.75, 3.05) is 11.4 Å². The quantitative estimate of drug-likeness (QED) is 0.689. The van der Waals surface area contributed by atoms with Crippen LogP contribution in [0.25, 0.3) is 10.9 Å². The van der Waals surface area contributed by atoms with Gasteiger partial charge in [-0.2, -0.15) is 0 Å². The first-order valence-corrected chi connectivity index (χ1v) is 10.6. The van der Waals surface area contributed by atoms with Crippen molar-refractivity contribution in [1.29, 1.82) is 0 Å². The minimum atomic E-state index is -3.59. The Labute approximate surface area is 154 Å². The predicted octanol–water partition coefficient (Wildman–Crippen LogP) is 4.57.